The third-order valence-electron chi connectivity index (χ3n) is 3.40. The average Bonchev–Trinajstić information content (AvgIpc) is 2.66. The van der Waals surface area contributed by atoms with Crippen LogP contribution in [0.3, 0.4) is 0 Å². The van der Waals surface area contributed by atoms with Crippen LogP contribution in [0.2, 0.25) is 0 Å². The first-order valence-corrected chi connectivity index (χ1v) is 8.71. The van der Waals surface area contributed by atoms with Crippen LogP contribution in [0.25, 0.3) is 6.08 Å². The zero-order valence-electron chi connectivity index (χ0n) is 15.4. The first-order chi connectivity index (χ1) is 13.1. The van der Waals surface area contributed by atoms with Gasteiger partial charge in [-0.15, -0.1) is 0 Å². The molecular weight excluding hydrogens is 346 g/mol. The zero-order valence-corrected chi connectivity index (χ0v) is 15.4. The molecule has 0 aliphatic carbocycles. The number of carbonyl (C=O) groups is 2. The standard InChI is InChI=1S/C21H23NO5/c1-3-25-19-11-6-5-8-16(19)12-13-20(23)22-17-9-7-10-18(14-17)27-15-21(24)26-4-2/h5-14H,3-4,15H2,1-2H3,(H,22,23)/b13-12+. The van der Waals surface area contributed by atoms with Crippen LogP contribution in [0.15, 0.2) is 54.6 Å². The monoisotopic (exact) mass is 369 g/mol. The van der Waals surface area contributed by atoms with Crippen molar-refractivity contribution in [3.8, 4) is 11.5 Å². The molecule has 0 bridgehead atoms. The maximum atomic E-state index is 12.2. The molecule has 0 aliphatic rings. The number of rotatable bonds is 9. The van der Waals surface area contributed by atoms with Gasteiger partial charge in [-0.2, -0.15) is 0 Å². The molecule has 6 heteroatoms. The van der Waals surface area contributed by atoms with Gasteiger partial charge in [-0.1, -0.05) is 24.3 Å². The van der Waals surface area contributed by atoms with Crippen molar-refractivity contribution in [2.24, 2.45) is 0 Å². The normalized spacial score (nSPS) is 10.4. The zero-order chi connectivity index (χ0) is 19.5. The van der Waals surface area contributed by atoms with Gasteiger partial charge < -0.3 is 19.5 Å². The molecule has 0 radical (unpaired) electrons. The summed E-state index contributed by atoms with van der Waals surface area (Å²) in [5.74, 6) is 0.455. The van der Waals surface area contributed by atoms with Crippen LogP contribution in [0.5, 0.6) is 11.5 Å². The summed E-state index contributed by atoms with van der Waals surface area (Å²) in [6.07, 6.45) is 3.13. The Morgan fingerprint density at radius 1 is 1.00 bits per heavy atom. The summed E-state index contributed by atoms with van der Waals surface area (Å²) in [7, 11) is 0. The fraction of sp³-hybridized carbons (Fsp3) is 0.238. The van der Waals surface area contributed by atoms with Gasteiger partial charge >= 0.3 is 5.97 Å². The van der Waals surface area contributed by atoms with E-state index in [9.17, 15) is 9.59 Å². The number of esters is 1. The van der Waals surface area contributed by atoms with Crippen LogP contribution in [-0.4, -0.2) is 31.7 Å². The molecule has 2 rings (SSSR count). The fourth-order valence-electron chi connectivity index (χ4n) is 2.26. The molecule has 6 nitrogen and oxygen atoms in total. The molecule has 1 amide bonds. The van der Waals surface area contributed by atoms with Gasteiger partial charge in [-0.25, -0.2) is 4.79 Å². The van der Waals surface area contributed by atoms with E-state index < -0.39 is 5.97 Å². The first kappa shape index (κ1) is 20.0. The number of benzene rings is 2. The number of hydrogen-bond donors (Lipinski definition) is 1. The minimum atomic E-state index is -0.442. The third-order valence-corrected chi connectivity index (χ3v) is 3.40. The molecule has 0 aromatic heterocycles. The fourth-order valence-corrected chi connectivity index (χ4v) is 2.26. The van der Waals surface area contributed by atoms with Gasteiger partial charge in [0.25, 0.3) is 0 Å². The Labute approximate surface area is 158 Å². The van der Waals surface area contributed by atoms with Gasteiger partial charge in [0, 0.05) is 23.4 Å². The Hall–Kier alpha value is -3.28. The van der Waals surface area contributed by atoms with Crippen LogP contribution >= 0.6 is 0 Å². The number of anilines is 1. The molecule has 0 atom stereocenters. The predicted octanol–water partition coefficient (Wildman–Crippen LogP) is 3.68. The van der Waals surface area contributed by atoms with Gasteiger partial charge in [0.2, 0.25) is 5.91 Å². The van der Waals surface area contributed by atoms with Crippen molar-refractivity contribution < 1.29 is 23.8 Å². The van der Waals surface area contributed by atoms with Crippen LogP contribution in [0.4, 0.5) is 5.69 Å². The SMILES string of the molecule is CCOC(=O)COc1cccc(NC(=O)/C=C/c2ccccc2OCC)c1. The lowest BCUT2D eigenvalue weighted by Gasteiger charge is -2.08. The smallest absolute Gasteiger partial charge is 0.344 e. The molecule has 0 aliphatic heterocycles. The predicted molar refractivity (Wildman–Crippen MR) is 104 cm³/mol. The highest BCUT2D eigenvalue weighted by molar-refractivity contribution is 6.02. The maximum Gasteiger partial charge on any atom is 0.344 e. The summed E-state index contributed by atoms with van der Waals surface area (Å²) in [5, 5.41) is 2.75. The number of para-hydroxylation sites is 1. The minimum Gasteiger partial charge on any atom is -0.493 e. The second kappa shape index (κ2) is 10.7. The third kappa shape index (κ3) is 6.86. The molecule has 0 fully saturated rings. The number of hydrogen-bond acceptors (Lipinski definition) is 5. The number of amides is 1. The number of carbonyl (C=O) groups excluding carboxylic acids is 2. The highest BCUT2D eigenvalue weighted by atomic mass is 16.6. The summed E-state index contributed by atoms with van der Waals surface area (Å²) >= 11 is 0. The molecule has 0 unspecified atom stereocenters. The first-order valence-electron chi connectivity index (χ1n) is 8.71. The van der Waals surface area contributed by atoms with E-state index in [-0.39, 0.29) is 12.5 Å². The van der Waals surface area contributed by atoms with Crippen molar-refractivity contribution in [1.29, 1.82) is 0 Å². The van der Waals surface area contributed by atoms with E-state index in [0.717, 1.165) is 11.3 Å². The highest BCUT2D eigenvalue weighted by Crippen LogP contribution is 2.20. The Morgan fingerprint density at radius 3 is 2.59 bits per heavy atom. The molecule has 1 N–H and O–H groups in total. The Kier molecular flexibility index (Phi) is 7.91. The van der Waals surface area contributed by atoms with Crippen molar-refractivity contribution in [1.82, 2.24) is 0 Å². The molecule has 0 spiro atoms. The Morgan fingerprint density at radius 2 is 1.81 bits per heavy atom. The molecule has 2 aromatic carbocycles. The van der Waals surface area contributed by atoms with Gasteiger partial charge in [0.15, 0.2) is 6.61 Å². The molecular formula is C21H23NO5. The summed E-state index contributed by atoms with van der Waals surface area (Å²) in [4.78, 5) is 23.5. The van der Waals surface area contributed by atoms with Crippen LogP contribution in [-0.2, 0) is 14.3 Å². The summed E-state index contributed by atoms with van der Waals surface area (Å²) in [5.41, 5.74) is 1.38. The van der Waals surface area contributed by atoms with Crippen LogP contribution in [0.1, 0.15) is 19.4 Å². The second-order valence-electron chi connectivity index (χ2n) is 5.41. The summed E-state index contributed by atoms with van der Waals surface area (Å²) in [6, 6.07) is 14.3. The average molecular weight is 369 g/mol. The molecule has 0 saturated heterocycles. The van der Waals surface area contributed by atoms with Gasteiger partial charge in [0.05, 0.1) is 13.2 Å². The maximum absolute atomic E-state index is 12.2. The Balaban J connectivity index is 1.96. The highest BCUT2D eigenvalue weighted by Gasteiger charge is 2.05. The lowest BCUT2D eigenvalue weighted by atomic mass is 10.2. The van der Waals surface area contributed by atoms with Crippen LogP contribution in [0, 0.1) is 0 Å². The summed E-state index contributed by atoms with van der Waals surface area (Å²) < 4.78 is 15.7. The van der Waals surface area contributed by atoms with Crippen molar-refractivity contribution in [2.75, 3.05) is 25.1 Å². The number of ether oxygens (including phenoxy) is 3. The van der Waals surface area contributed by atoms with E-state index >= 15 is 0 Å². The molecule has 0 heterocycles. The molecule has 27 heavy (non-hydrogen) atoms. The number of nitrogens with one attached hydrogen (secondary N) is 1. The molecule has 2 aromatic rings. The van der Waals surface area contributed by atoms with Crippen molar-refractivity contribution in [3.63, 3.8) is 0 Å². The largest absolute Gasteiger partial charge is 0.493 e. The lowest BCUT2D eigenvalue weighted by Crippen LogP contribution is -2.14. The Bertz CT molecular complexity index is 801. The lowest BCUT2D eigenvalue weighted by molar-refractivity contribution is -0.145. The van der Waals surface area contributed by atoms with Gasteiger partial charge in [0.1, 0.15) is 11.5 Å². The van der Waals surface area contributed by atoms with E-state index in [1.807, 2.05) is 31.2 Å². The second-order valence-corrected chi connectivity index (χ2v) is 5.41. The minimum absolute atomic E-state index is 0.181. The van der Waals surface area contributed by atoms with E-state index in [1.165, 1.54) is 6.08 Å². The van der Waals surface area contributed by atoms with Crippen molar-refractivity contribution in [2.45, 2.75) is 13.8 Å². The molecule has 142 valence electrons. The van der Waals surface area contributed by atoms with Gasteiger partial charge in [-0.3, -0.25) is 4.79 Å². The van der Waals surface area contributed by atoms with Crippen molar-refractivity contribution in [3.05, 3.63) is 60.2 Å². The van der Waals surface area contributed by atoms with E-state index in [4.69, 9.17) is 14.2 Å². The van der Waals surface area contributed by atoms with Gasteiger partial charge in [-0.05, 0) is 38.1 Å². The quantitative estimate of drug-likeness (QED) is 0.539. The van der Waals surface area contributed by atoms with Crippen molar-refractivity contribution >= 4 is 23.6 Å². The van der Waals surface area contributed by atoms with E-state index in [0.29, 0.717) is 24.7 Å². The molecule has 0 saturated carbocycles. The topological polar surface area (TPSA) is 73.9 Å². The van der Waals surface area contributed by atoms with Crippen LogP contribution < -0.4 is 14.8 Å². The summed E-state index contributed by atoms with van der Waals surface area (Å²) in [6.45, 7) is 4.31. The van der Waals surface area contributed by atoms with E-state index in [1.54, 1.807) is 37.3 Å². The van der Waals surface area contributed by atoms with E-state index in [2.05, 4.69) is 5.32 Å².